The molecule has 0 spiro atoms. The van der Waals surface area contributed by atoms with Crippen LogP contribution in [0.2, 0.25) is 0 Å². The second-order valence-corrected chi connectivity index (χ2v) is 22.1. The van der Waals surface area contributed by atoms with Crippen LogP contribution in [-0.4, -0.2) is 47.4 Å². The molecule has 0 bridgehead atoms. The van der Waals surface area contributed by atoms with Gasteiger partial charge in [0.1, 0.15) is 0 Å². The second kappa shape index (κ2) is 60.2. The van der Waals surface area contributed by atoms with Gasteiger partial charge in [-0.15, -0.1) is 0 Å². The Morgan fingerprint density at radius 3 is 1.01 bits per heavy atom. The fourth-order valence-corrected chi connectivity index (χ4v) is 10.2. The summed E-state index contributed by atoms with van der Waals surface area (Å²) in [6.07, 6.45) is 72.4. The zero-order valence-electron chi connectivity index (χ0n) is 47.5. The number of rotatable bonds is 60. The molecule has 0 aromatic rings. The Morgan fingerprint density at radius 2 is 0.671 bits per heavy atom. The van der Waals surface area contributed by atoms with E-state index < -0.39 is 12.1 Å². The molecule has 0 aliphatic heterocycles. The predicted molar refractivity (Wildman–Crippen MR) is 306 cm³/mol. The van der Waals surface area contributed by atoms with E-state index in [0.717, 1.165) is 38.5 Å². The molecule has 0 saturated heterocycles. The van der Waals surface area contributed by atoms with Crippen LogP contribution in [0.25, 0.3) is 0 Å². The van der Waals surface area contributed by atoms with Gasteiger partial charge < -0.3 is 20.3 Å². The number of carbonyl (C=O) groups excluding carboxylic acids is 2. The standard InChI is InChI=1S/C64H125NO5/c1-3-5-7-9-11-13-15-16-17-18-29-32-35-38-42-46-50-54-58-64(69)70-59-55-51-47-43-39-36-33-30-27-25-23-21-19-20-22-24-26-28-31-34-37-41-45-49-53-57-63(68)65-61(60-66)62(67)56-52-48-44-40-14-12-10-8-6-4-2/h20,22,61-62,66-67H,3-19,21,23-60H2,1-2H3,(H,65,68)/b22-20-. The summed E-state index contributed by atoms with van der Waals surface area (Å²) in [7, 11) is 0. The molecule has 0 aliphatic carbocycles. The molecule has 2 atom stereocenters. The Balaban J connectivity index is 3.34. The van der Waals surface area contributed by atoms with E-state index in [1.165, 1.54) is 289 Å². The SMILES string of the molecule is CCCCCCCCCCCCCCCCCCCCC(=O)OCCCCCCCCCCCCCC/C=C\CCCCCCCCCCCC(=O)NC(CO)C(O)CCCCCCCCCCCC. The Morgan fingerprint density at radius 1 is 0.386 bits per heavy atom. The summed E-state index contributed by atoms with van der Waals surface area (Å²) in [6.45, 7) is 4.97. The molecule has 0 aromatic heterocycles. The van der Waals surface area contributed by atoms with E-state index in [2.05, 4.69) is 31.3 Å². The van der Waals surface area contributed by atoms with E-state index in [-0.39, 0.29) is 18.5 Å². The third-order valence-electron chi connectivity index (χ3n) is 15.1. The van der Waals surface area contributed by atoms with Crippen molar-refractivity contribution in [2.75, 3.05) is 13.2 Å². The minimum Gasteiger partial charge on any atom is -0.466 e. The average Bonchev–Trinajstić information content (AvgIpc) is 3.36. The van der Waals surface area contributed by atoms with Crippen LogP contribution in [0.15, 0.2) is 12.2 Å². The number of hydrogen-bond donors (Lipinski definition) is 3. The number of unbranched alkanes of at least 4 members (excludes halogenated alkanes) is 47. The molecule has 1 amide bonds. The van der Waals surface area contributed by atoms with E-state index in [1.807, 2.05) is 0 Å². The lowest BCUT2D eigenvalue weighted by Crippen LogP contribution is -2.45. The molecule has 6 heteroatoms. The van der Waals surface area contributed by atoms with Crippen molar-refractivity contribution >= 4 is 11.9 Å². The van der Waals surface area contributed by atoms with Gasteiger partial charge in [-0.05, 0) is 51.4 Å². The van der Waals surface area contributed by atoms with Gasteiger partial charge in [0, 0.05) is 12.8 Å². The maximum atomic E-state index is 12.4. The number of aliphatic hydroxyl groups is 2. The molecule has 2 unspecified atom stereocenters. The third kappa shape index (κ3) is 55.9. The Bertz CT molecular complexity index is 1050. The fourth-order valence-electron chi connectivity index (χ4n) is 10.2. The van der Waals surface area contributed by atoms with Crippen molar-refractivity contribution in [2.24, 2.45) is 0 Å². The highest BCUT2D eigenvalue weighted by molar-refractivity contribution is 5.76. The lowest BCUT2D eigenvalue weighted by atomic mass is 10.0. The van der Waals surface area contributed by atoms with E-state index >= 15 is 0 Å². The van der Waals surface area contributed by atoms with Crippen LogP contribution in [0.3, 0.4) is 0 Å². The van der Waals surface area contributed by atoms with Gasteiger partial charge >= 0.3 is 5.97 Å². The lowest BCUT2D eigenvalue weighted by molar-refractivity contribution is -0.143. The molecule has 0 aliphatic rings. The van der Waals surface area contributed by atoms with Crippen molar-refractivity contribution in [3.05, 3.63) is 12.2 Å². The smallest absolute Gasteiger partial charge is 0.305 e. The minimum atomic E-state index is -0.663. The first-order chi connectivity index (χ1) is 34.5. The van der Waals surface area contributed by atoms with Gasteiger partial charge in [0.05, 0.1) is 25.4 Å². The Labute approximate surface area is 438 Å². The molecule has 416 valence electrons. The first-order valence-electron chi connectivity index (χ1n) is 31.9. The van der Waals surface area contributed by atoms with Crippen molar-refractivity contribution in [3.8, 4) is 0 Å². The Kier molecular flexibility index (Phi) is 59.0. The highest BCUT2D eigenvalue weighted by atomic mass is 16.5. The quantitative estimate of drug-likeness (QED) is 0.0321. The molecule has 6 nitrogen and oxygen atoms in total. The van der Waals surface area contributed by atoms with Gasteiger partial charge in [-0.2, -0.15) is 0 Å². The minimum absolute atomic E-state index is 0.0184. The zero-order chi connectivity index (χ0) is 50.7. The summed E-state index contributed by atoms with van der Waals surface area (Å²) in [4.78, 5) is 24.5. The van der Waals surface area contributed by atoms with Crippen molar-refractivity contribution in [1.82, 2.24) is 5.32 Å². The second-order valence-electron chi connectivity index (χ2n) is 22.1. The van der Waals surface area contributed by atoms with Gasteiger partial charge in [0.2, 0.25) is 5.91 Å². The maximum absolute atomic E-state index is 12.4. The van der Waals surface area contributed by atoms with Gasteiger partial charge in [-0.1, -0.05) is 309 Å². The van der Waals surface area contributed by atoms with Crippen molar-refractivity contribution < 1.29 is 24.5 Å². The van der Waals surface area contributed by atoms with Crippen LogP contribution in [0.5, 0.6) is 0 Å². The van der Waals surface area contributed by atoms with Crippen molar-refractivity contribution in [1.29, 1.82) is 0 Å². The Hall–Kier alpha value is -1.40. The van der Waals surface area contributed by atoms with Crippen LogP contribution in [0, 0.1) is 0 Å². The molecule has 0 saturated carbocycles. The zero-order valence-corrected chi connectivity index (χ0v) is 47.5. The molecule has 0 fully saturated rings. The topological polar surface area (TPSA) is 95.9 Å². The summed E-state index contributed by atoms with van der Waals surface area (Å²) < 4.78 is 5.50. The number of carbonyl (C=O) groups is 2. The molecule has 0 aromatic carbocycles. The highest BCUT2D eigenvalue weighted by Crippen LogP contribution is 2.18. The maximum Gasteiger partial charge on any atom is 0.305 e. The number of aliphatic hydroxyl groups excluding tert-OH is 2. The molecule has 70 heavy (non-hydrogen) atoms. The normalized spacial score (nSPS) is 12.6. The summed E-state index contributed by atoms with van der Waals surface area (Å²) in [5, 5.41) is 23.2. The predicted octanol–water partition coefficient (Wildman–Crippen LogP) is 20.0. The summed E-state index contributed by atoms with van der Waals surface area (Å²) in [5.74, 6) is -0.0197. The molecule has 0 heterocycles. The number of esters is 1. The summed E-state index contributed by atoms with van der Waals surface area (Å²) in [5.41, 5.74) is 0. The van der Waals surface area contributed by atoms with Gasteiger partial charge in [0.15, 0.2) is 0 Å². The summed E-state index contributed by atoms with van der Waals surface area (Å²) in [6, 6.07) is -0.541. The molecule has 3 N–H and O–H groups in total. The van der Waals surface area contributed by atoms with Crippen LogP contribution >= 0.6 is 0 Å². The van der Waals surface area contributed by atoms with Gasteiger partial charge in [-0.25, -0.2) is 0 Å². The largest absolute Gasteiger partial charge is 0.466 e. The first-order valence-corrected chi connectivity index (χ1v) is 31.9. The summed E-state index contributed by atoms with van der Waals surface area (Å²) >= 11 is 0. The number of allylic oxidation sites excluding steroid dienone is 2. The molecular weight excluding hydrogens is 863 g/mol. The average molecular weight is 989 g/mol. The lowest BCUT2D eigenvalue weighted by Gasteiger charge is -2.22. The van der Waals surface area contributed by atoms with E-state index in [9.17, 15) is 19.8 Å². The fraction of sp³-hybridized carbons (Fsp3) is 0.938. The third-order valence-corrected chi connectivity index (χ3v) is 15.1. The van der Waals surface area contributed by atoms with E-state index in [1.54, 1.807) is 0 Å². The number of ether oxygens (including phenoxy) is 1. The van der Waals surface area contributed by atoms with Gasteiger partial charge in [0.25, 0.3) is 0 Å². The molecule has 0 rings (SSSR count). The number of nitrogens with one attached hydrogen (secondary N) is 1. The highest BCUT2D eigenvalue weighted by Gasteiger charge is 2.20. The van der Waals surface area contributed by atoms with Crippen LogP contribution in [0.1, 0.15) is 361 Å². The number of amides is 1. The molecule has 0 radical (unpaired) electrons. The number of hydrogen-bond acceptors (Lipinski definition) is 5. The van der Waals surface area contributed by atoms with Crippen LogP contribution in [0.4, 0.5) is 0 Å². The van der Waals surface area contributed by atoms with E-state index in [0.29, 0.717) is 25.9 Å². The van der Waals surface area contributed by atoms with Crippen LogP contribution < -0.4 is 5.32 Å². The van der Waals surface area contributed by atoms with Crippen molar-refractivity contribution in [2.45, 2.75) is 373 Å². The van der Waals surface area contributed by atoms with Crippen molar-refractivity contribution in [3.63, 3.8) is 0 Å². The van der Waals surface area contributed by atoms with Gasteiger partial charge in [-0.3, -0.25) is 9.59 Å². The van der Waals surface area contributed by atoms with Crippen LogP contribution in [-0.2, 0) is 14.3 Å². The molecular formula is C64H125NO5. The van der Waals surface area contributed by atoms with E-state index in [4.69, 9.17) is 4.74 Å². The monoisotopic (exact) mass is 988 g/mol. The first kappa shape index (κ1) is 68.6.